The van der Waals surface area contributed by atoms with Gasteiger partial charge in [0.15, 0.2) is 0 Å². The van der Waals surface area contributed by atoms with Crippen molar-refractivity contribution < 1.29 is 19.4 Å². The average molecular weight is 443 g/mol. The fourth-order valence-electron chi connectivity index (χ4n) is 4.08. The predicted octanol–water partition coefficient (Wildman–Crippen LogP) is 4.45. The molecule has 1 fully saturated rings. The van der Waals surface area contributed by atoms with Gasteiger partial charge in [0.05, 0.1) is 61.7 Å². The number of hydrogen-bond donors (Lipinski definition) is 2. The first-order valence-corrected chi connectivity index (χ1v) is 11.3. The number of nitrogens with one attached hydrogen (secondary N) is 1. The molecule has 0 unspecified atom stereocenters. The molecule has 8 nitrogen and oxygen atoms in total. The number of anilines is 3. The van der Waals surface area contributed by atoms with E-state index < -0.39 is 5.97 Å². The fraction of sp³-hybridized carbons (Fsp3) is 0.542. The molecule has 8 heteroatoms. The van der Waals surface area contributed by atoms with Crippen molar-refractivity contribution in [3.8, 4) is 6.01 Å². The minimum atomic E-state index is -0.789. The van der Waals surface area contributed by atoms with E-state index in [1.807, 2.05) is 13.8 Å². The number of ether oxygens (including phenoxy) is 2. The zero-order valence-electron chi connectivity index (χ0n) is 19.4. The van der Waals surface area contributed by atoms with Gasteiger partial charge in [-0.2, -0.15) is 0 Å². The summed E-state index contributed by atoms with van der Waals surface area (Å²) in [6.07, 6.45) is 4.25. The second-order valence-electron chi connectivity index (χ2n) is 8.37. The van der Waals surface area contributed by atoms with Crippen LogP contribution < -0.4 is 15.0 Å². The summed E-state index contributed by atoms with van der Waals surface area (Å²) in [5.74, 6) is -0.417. The van der Waals surface area contributed by atoms with Crippen molar-refractivity contribution in [2.24, 2.45) is 5.92 Å². The quantitative estimate of drug-likeness (QED) is 0.557. The third-order valence-electron chi connectivity index (χ3n) is 5.83. The van der Waals surface area contributed by atoms with Crippen LogP contribution in [-0.4, -0.2) is 53.5 Å². The number of hydrogen-bond acceptors (Lipinski definition) is 7. The van der Waals surface area contributed by atoms with Crippen LogP contribution in [0.3, 0.4) is 0 Å². The summed E-state index contributed by atoms with van der Waals surface area (Å²) in [7, 11) is 0. The van der Waals surface area contributed by atoms with Crippen molar-refractivity contribution in [1.29, 1.82) is 0 Å². The molecule has 2 aromatic rings. The maximum absolute atomic E-state index is 11.4. The number of aromatic nitrogens is 2. The highest BCUT2D eigenvalue weighted by Crippen LogP contribution is 2.36. The van der Waals surface area contributed by atoms with E-state index in [1.54, 1.807) is 12.4 Å². The van der Waals surface area contributed by atoms with Crippen molar-refractivity contribution in [1.82, 2.24) is 9.97 Å². The lowest BCUT2D eigenvalue weighted by atomic mass is 9.92. The molecular formula is C24H34N4O4. The predicted molar refractivity (Wildman–Crippen MR) is 125 cm³/mol. The second-order valence-corrected chi connectivity index (χ2v) is 8.37. The van der Waals surface area contributed by atoms with E-state index in [-0.39, 0.29) is 18.4 Å². The van der Waals surface area contributed by atoms with Gasteiger partial charge < -0.3 is 24.8 Å². The Labute approximate surface area is 190 Å². The molecular weight excluding hydrogens is 408 g/mol. The zero-order valence-corrected chi connectivity index (χ0v) is 19.4. The van der Waals surface area contributed by atoms with Crippen LogP contribution in [0.15, 0.2) is 30.6 Å². The molecule has 0 amide bonds. The topological polar surface area (TPSA) is 96.8 Å². The number of aliphatic carboxylic acids is 1. The SMILES string of the molecule is CCOc1ncc(Nc2cc([C@@H](CC)CC(=O)O)ccc2N2CCOC[C@@H]2C(C)C)cn1. The monoisotopic (exact) mass is 442 g/mol. The molecule has 0 aliphatic carbocycles. The van der Waals surface area contributed by atoms with Crippen LogP contribution in [-0.2, 0) is 9.53 Å². The molecule has 0 saturated carbocycles. The van der Waals surface area contributed by atoms with Crippen LogP contribution in [0.25, 0.3) is 0 Å². The van der Waals surface area contributed by atoms with Gasteiger partial charge in [0.25, 0.3) is 0 Å². The molecule has 0 bridgehead atoms. The van der Waals surface area contributed by atoms with E-state index >= 15 is 0 Å². The Morgan fingerprint density at radius 2 is 2.06 bits per heavy atom. The first kappa shape index (κ1) is 23.8. The molecule has 1 saturated heterocycles. The zero-order chi connectivity index (χ0) is 23.1. The van der Waals surface area contributed by atoms with Gasteiger partial charge in [-0.25, -0.2) is 9.97 Å². The van der Waals surface area contributed by atoms with E-state index in [0.717, 1.165) is 35.6 Å². The fourth-order valence-corrected chi connectivity index (χ4v) is 4.08. The number of benzene rings is 1. The normalized spacial score (nSPS) is 17.3. The number of morpholine rings is 1. The minimum Gasteiger partial charge on any atom is -0.481 e. The Balaban J connectivity index is 1.98. The van der Waals surface area contributed by atoms with Crippen molar-refractivity contribution in [2.75, 3.05) is 36.6 Å². The number of carbonyl (C=O) groups is 1. The second kappa shape index (κ2) is 11.1. The van der Waals surface area contributed by atoms with Gasteiger partial charge in [-0.15, -0.1) is 0 Å². The highest BCUT2D eigenvalue weighted by atomic mass is 16.5. The Morgan fingerprint density at radius 3 is 2.69 bits per heavy atom. The summed E-state index contributed by atoms with van der Waals surface area (Å²) in [6, 6.07) is 6.81. The van der Waals surface area contributed by atoms with Crippen LogP contribution in [0, 0.1) is 5.92 Å². The van der Waals surface area contributed by atoms with Gasteiger partial charge in [-0.05, 0) is 42.9 Å². The lowest BCUT2D eigenvalue weighted by molar-refractivity contribution is -0.137. The largest absolute Gasteiger partial charge is 0.481 e. The summed E-state index contributed by atoms with van der Waals surface area (Å²) >= 11 is 0. The molecule has 1 aliphatic rings. The molecule has 1 aromatic heterocycles. The Kier molecular flexibility index (Phi) is 8.27. The van der Waals surface area contributed by atoms with Gasteiger partial charge in [0, 0.05) is 6.54 Å². The van der Waals surface area contributed by atoms with Crippen LogP contribution in [0.1, 0.15) is 52.0 Å². The highest BCUT2D eigenvalue weighted by Gasteiger charge is 2.28. The van der Waals surface area contributed by atoms with Crippen LogP contribution in [0.5, 0.6) is 6.01 Å². The molecule has 2 N–H and O–H groups in total. The maximum atomic E-state index is 11.4. The summed E-state index contributed by atoms with van der Waals surface area (Å²) in [4.78, 5) is 22.3. The molecule has 1 aliphatic heterocycles. The molecule has 2 atom stereocenters. The van der Waals surface area contributed by atoms with E-state index in [4.69, 9.17) is 9.47 Å². The standard InChI is InChI=1S/C24H34N4O4/c1-5-17(12-23(29)30)18-7-8-21(28-9-10-31-15-22(28)16(3)4)20(11-18)27-19-13-25-24(26-14-19)32-6-2/h7-8,11,13-14,16-17,22,27H,5-6,9-10,12,15H2,1-4H3,(H,29,30)/t17-,22+/m0/s1. The minimum absolute atomic E-state index is 0.0516. The first-order chi connectivity index (χ1) is 15.4. The van der Waals surface area contributed by atoms with E-state index in [2.05, 4.69) is 52.2 Å². The van der Waals surface area contributed by atoms with E-state index in [1.165, 1.54) is 0 Å². The third kappa shape index (κ3) is 5.88. The van der Waals surface area contributed by atoms with Crippen molar-refractivity contribution >= 4 is 23.0 Å². The third-order valence-corrected chi connectivity index (χ3v) is 5.83. The summed E-state index contributed by atoms with van der Waals surface area (Å²) in [5, 5.41) is 12.8. The van der Waals surface area contributed by atoms with Crippen LogP contribution in [0.2, 0.25) is 0 Å². The maximum Gasteiger partial charge on any atom is 0.316 e. The number of rotatable bonds is 10. The van der Waals surface area contributed by atoms with Gasteiger partial charge in [-0.3, -0.25) is 4.79 Å². The Bertz CT molecular complexity index is 888. The highest BCUT2D eigenvalue weighted by molar-refractivity contribution is 5.77. The van der Waals surface area contributed by atoms with Gasteiger partial charge >= 0.3 is 12.0 Å². The Morgan fingerprint density at radius 1 is 1.31 bits per heavy atom. The van der Waals surface area contributed by atoms with Crippen molar-refractivity contribution in [3.63, 3.8) is 0 Å². The average Bonchev–Trinajstić information content (AvgIpc) is 2.79. The Hall–Kier alpha value is -2.87. The molecule has 1 aromatic carbocycles. The number of carboxylic acids is 1. The van der Waals surface area contributed by atoms with Gasteiger partial charge in [0.1, 0.15) is 0 Å². The number of nitrogens with zero attached hydrogens (tertiary/aromatic N) is 3. The first-order valence-electron chi connectivity index (χ1n) is 11.3. The van der Waals surface area contributed by atoms with Crippen molar-refractivity contribution in [3.05, 3.63) is 36.2 Å². The van der Waals surface area contributed by atoms with E-state index in [0.29, 0.717) is 31.7 Å². The van der Waals surface area contributed by atoms with Crippen LogP contribution in [0.4, 0.5) is 17.1 Å². The lowest BCUT2D eigenvalue weighted by Crippen LogP contribution is -2.48. The number of carboxylic acid groups (broad SMARTS) is 1. The molecule has 3 rings (SSSR count). The van der Waals surface area contributed by atoms with E-state index in [9.17, 15) is 9.90 Å². The molecule has 0 spiro atoms. The lowest BCUT2D eigenvalue weighted by Gasteiger charge is -2.40. The molecule has 2 heterocycles. The smallest absolute Gasteiger partial charge is 0.316 e. The molecule has 0 radical (unpaired) electrons. The van der Waals surface area contributed by atoms with Crippen molar-refractivity contribution in [2.45, 2.75) is 52.5 Å². The molecule has 174 valence electrons. The summed E-state index contributed by atoms with van der Waals surface area (Å²) in [5.41, 5.74) is 3.72. The van der Waals surface area contributed by atoms with Crippen LogP contribution >= 0.6 is 0 Å². The van der Waals surface area contributed by atoms with Gasteiger partial charge in [-0.1, -0.05) is 26.8 Å². The summed E-state index contributed by atoms with van der Waals surface area (Å²) < 4.78 is 11.1. The summed E-state index contributed by atoms with van der Waals surface area (Å²) in [6.45, 7) is 11.0. The molecule has 32 heavy (non-hydrogen) atoms. The van der Waals surface area contributed by atoms with Gasteiger partial charge in [0.2, 0.25) is 0 Å².